The van der Waals surface area contributed by atoms with Gasteiger partial charge < -0.3 is 10.2 Å². The van der Waals surface area contributed by atoms with Gasteiger partial charge >= 0.3 is 0 Å². The van der Waals surface area contributed by atoms with E-state index >= 15 is 0 Å². The van der Waals surface area contributed by atoms with Crippen LogP contribution >= 0.6 is 11.3 Å². The fourth-order valence-electron chi connectivity index (χ4n) is 4.04. The van der Waals surface area contributed by atoms with Crippen molar-refractivity contribution in [3.05, 3.63) is 22.4 Å². The van der Waals surface area contributed by atoms with Crippen molar-refractivity contribution in [3.8, 4) is 0 Å². The van der Waals surface area contributed by atoms with Crippen LogP contribution in [0.15, 0.2) is 17.5 Å². The topological polar surface area (TPSA) is 15.3 Å². The molecule has 0 aromatic carbocycles. The maximum atomic E-state index is 4.05. The monoisotopic (exact) mass is 292 g/mol. The number of piperidine rings is 1. The summed E-state index contributed by atoms with van der Waals surface area (Å²) in [5, 5.41) is 6.29. The molecule has 2 aliphatic rings. The van der Waals surface area contributed by atoms with E-state index in [-0.39, 0.29) is 0 Å². The Hall–Kier alpha value is -0.380. The van der Waals surface area contributed by atoms with Gasteiger partial charge in [0.05, 0.1) is 0 Å². The van der Waals surface area contributed by atoms with Crippen molar-refractivity contribution in [2.24, 2.45) is 11.8 Å². The van der Waals surface area contributed by atoms with Crippen LogP contribution in [0.3, 0.4) is 0 Å². The molecule has 1 aromatic heterocycles. The molecular weight excluding hydrogens is 264 g/mol. The quantitative estimate of drug-likeness (QED) is 0.905. The average molecular weight is 292 g/mol. The van der Waals surface area contributed by atoms with Gasteiger partial charge in [-0.25, -0.2) is 0 Å². The molecule has 3 atom stereocenters. The Labute approximate surface area is 127 Å². The number of thiophene rings is 1. The molecule has 3 rings (SSSR count). The zero-order chi connectivity index (χ0) is 13.9. The van der Waals surface area contributed by atoms with E-state index in [1.807, 2.05) is 11.3 Å². The van der Waals surface area contributed by atoms with Gasteiger partial charge in [0.2, 0.25) is 0 Å². The molecule has 0 amide bonds. The lowest BCUT2D eigenvalue weighted by Crippen LogP contribution is -2.48. The molecule has 0 radical (unpaired) electrons. The SMILES string of the molecule is CC1CN(C)CCC1NC(c1cccs1)C1CCCC1. The Morgan fingerprint density at radius 2 is 2.10 bits per heavy atom. The van der Waals surface area contributed by atoms with E-state index in [1.165, 1.54) is 45.2 Å². The van der Waals surface area contributed by atoms with Crippen LogP contribution in [0, 0.1) is 11.8 Å². The summed E-state index contributed by atoms with van der Waals surface area (Å²) in [7, 11) is 2.25. The summed E-state index contributed by atoms with van der Waals surface area (Å²) in [6.07, 6.45) is 6.98. The fourth-order valence-corrected chi connectivity index (χ4v) is 4.92. The van der Waals surface area contributed by atoms with Gasteiger partial charge in [0.15, 0.2) is 0 Å². The Morgan fingerprint density at radius 1 is 1.30 bits per heavy atom. The van der Waals surface area contributed by atoms with Crippen LogP contribution < -0.4 is 5.32 Å². The number of nitrogens with zero attached hydrogens (tertiary/aromatic N) is 1. The second-order valence-corrected chi connectivity index (χ2v) is 7.82. The summed E-state index contributed by atoms with van der Waals surface area (Å²) in [5.74, 6) is 1.62. The van der Waals surface area contributed by atoms with E-state index in [1.54, 1.807) is 4.88 Å². The van der Waals surface area contributed by atoms with Gasteiger partial charge in [0.1, 0.15) is 0 Å². The average Bonchev–Trinajstić information content (AvgIpc) is 3.11. The number of rotatable bonds is 4. The van der Waals surface area contributed by atoms with Crippen LogP contribution in [0.1, 0.15) is 49.9 Å². The van der Waals surface area contributed by atoms with Gasteiger partial charge in [0, 0.05) is 23.5 Å². The molecule has 1 aromatic rings. The van der Waals surface area contributed by atoms with Gasteiger partial charge in [-0.3, -0.25) is 0 Å². The molecule has 0 spiro atoms. The number of hydrogen-bond donors (Lipinski definition) is 1. The minimum Gasteiger partial charge on any atom is -0.306 e. The Kier molecular flexibility index (Phi) is 4.79. The van der Waals surface area contributed by atoms with E-state index in [0.717, 1.165) is 11.8 Å². The molecule has 2 heterocycles. The molecule has 2 fully saturated rings. The number of hydrogen-bond acceptors (Lipinski definition) is 3. The van der Waals surface area contributed by atoms with Crippen molar-refractivity contribution in [2.45, 2.75) is 51.1 Å². The molecule has 1 saturated heterocycles. The lowest BCUT2D eigenvalue weighted by atomic mass is 9.90. The minimum atomic E-state index is 0.605. The van der Waals surface area contributed by atoms with Gasteiger partial charge in [-0.1, -0.05) is 25.8 Å². The summed E-state index contributed by atoms with van der Waals surface area (Å²) in [4.78, 5) is 4.03. The van der Waals surface area contributed by atoms with Crippen molar-refractivity contribution in [1.82, 2.24) is 10.2 Å². The van der Waals surface area contributed by atoms with Gasteiger partial charge in [-0.05, 0) is 56.1 Å². The zero-order valence-corrected chi connectivity index (χ0v) is 13.7. The van der Waals surface area contributed by atoms with Gasteiger partial charge in [-0.15, -0.1) is 11.3 Å². The zero-order valence-electron chi connectivity index (χ0n) is 12.8. The molecule has 1 aliphatic heterocycles. The first-order valence-electron chi connectivity index (χ1n) is 8.22. The minimum absolute atomic E-state index is 0.605. The summed E-state index contributed by atoms with van der Waals surface area (Å²) in [6, 6.07) is 5.84. The largest absolute Gasteiger partial charge is 0.306 e. The molecule has 0 bridgehead atoms. The molecule has 20 heavy (non-hydrogen) atoms. The molecule has 3 heteroatoms. The highest BCUT2D eigenvalue weighted by Gasteiger charge is 2.32. The molecule has 1 saturated carbocycles. The third-order valence-electron chi connectivity index (χ3n) is 5.22. The maximum absolute atomic E-state index is 4.05. The van der Waals surface area contributed by atoms with Crippen molar-refractivity contribution in [2.75, 3.05) is 20.1 Å². The van der Waals surface area contributed by atoms with Crippen molar-refractivity contribution in [3.63, 3.8) is 0 Å². The van der Waals surface area contributed by atoms with Crippen molar-refractivity contribution in [1.29, 1.82) is 0 Å². The first kappa shape index (κ1) is 14.6. The first-order valence-corrected chi connectivity index (χ1v) is 9.10. The Morgan fingerprint density at radius 3 is 2.75 bits per heavy atom. The van der Waals surface area contributed by atoms with Gasteiger partial charge in [-0.2, -0.15) is 0 Å². The van der Waals surface area contributed by atoms with Crippen LogP contribution in [-0.4, -0.2) is 31.1 Å². The van der Waals surface area contributed by atoms with E-state index in [4.69, 9.17) is 0 Å². The molecule has 1 aliphatic carbocycles. The van der Waals surface area contributed by atoms with Crippen LogP contribution in [-0.2, 0) is 0 Å². The standard InChI is InChI=1S/C17H28N2S/c1-13-12-19(2)10-9-15(13)18-17(14-6-3-4-7-14)16-8-5-11-20-16/h5,8,11,13-15,17-18H,3-4,6-7,9-10,12H2,1-2H3. The molecular formula is C17H28N2S. The summed E-state index contributed by atoms with van der Waals surface area (Å²) in [5.41, 5.74) is 0. The summed E-state index contributed by atoms with van der Waals surface area (Å²) < 4.78 is 0. The van der Waals surface area contributed by atoms with Gasteiger partial charge in [0.25, 0.3) is 0 Å². The Bertz CT molecular complexity index is 397. The second-order valence-electron chi connectivity index (χ2n) is 6.84. The van der Waals surface area contributed by atoms with E-state index in [0.29, 0.717) is 12.1 Å². The summed E-state index contributed by atoms with van der Waals surface area (Å²) in [6.45, 7) is 4.89. The third kappa shape index (κ3) is 3.26. The lowest BCUT2D eigenvalue weighted by Gasteiger charge is -2.38. The normalized spacial score (nSPS) is 30.7. The van der Waals surface area contributed by atoms with E-state index in [9.17, 15) is 0 Å². The summed E-state index contributed by atoms with van der Waals surface area (Å²) >= 11 is 1.94. The predicted octanol–water partition coefficient (Wildman–Crippen LogP) is 3.91. The van der Waals surface area contributed by atoms with E-state index in [2.05, 4.69) is 41.7 Å². The van der Waals surface area contributed by atoms with Crippen molar-refractivity contribution < 1.29 is 0 Å². The second kappa shape index (κ2) is 6.59. The maximum Gasteiger partial charge on any atom is 0.0445 e. The van der Waals surface area contributed by atoms with E-state index < -0.39 is 0 Å². The Balaban J connectivity index is 1.70. The first-order chi connectivity index (χ1) is 9.74. The van der Waals surface area contributed by atoms with Crippen LogP contribution in [0.2, 0.25) is 0 Å². The van der Waals surface area contributed by atoms with Crippen LogP contribution in [0.4, 0.5) is 0 Å². The molecule has 2 nitrogen and oxygen atoms in total. The van der Waals surface area contributed by atoms with Crippen LogP contribution in [0.25, 0.3) is 0 Å². The highest BCUT2D eigenvalue weighted by molar-refractivity contribution is 7.10. The lowest BCUT2D eigenvalue weighted by molar-refractivity contribution is 0.156. The molecule has 3 unspecified atom stereocenters. The van der Waals surface area contributed by atoms with Crippen molar-refractivity contribution >= 4 is 11.3 Å². The highest BCUT2D eigenvalue weighted by Crippen LogP contribution is 2.38. The highest BCUT2D eigenvalue weighted by atomic mass is 32.1. The number of likely N-dealkylation sites (tertiary alicyclic amines) is 1. The smallest absolute Gasteiger partial charge is 0.0445 e. The third-order valence-corrected chi connectivity index (χ3v) is 6.18. The number of nitrogens with one attached hydrogen (secondary N) is 1. The molecule has 112 valence electrons. The molecule has 1 N–H and O–H groups in total. The predicted molar refractivity (Wildman–Crippen MR) is 87.2 cm³/mol. The van der Waals surface area contributed by atoms with Crippen LogP contribution in [0.5, 0.6) is 0 Å². The fraction of sp³-hybridized carbons (Fsp3) is 0.765.